The number of aliphatic hydroxyl groups excluding tert-OH is 1. The second-order valence-corrected chi connectivity index (χ2v) is 6.76. The molecule has 2 unspecified atom stereocenters. The van der Waals surface area contributed by atoms with E-state index in [-0.39, 0.29) is 0 Å². The first-order valence-corrected chi connectivity index (χ1v) is 9.40. The molecule has 2 atom stereocenters. The zero-order valence-electron chi connectivity index (χ0n) is 14.7. The van der Waals surface area contributed by atoms with Crippen LogP contribution in [0.25, 0.3) is 0 Å². The van der Waals surface area contributed by atoms with E-state index in [0.717, 1.165) is 37.8 Å². The van der Waals surface area contributed by atoms with Crippen LogP contribution in [0.5, 0.6) is 0 Å². The number of nitrogens with two attached hydrogens (primary N) is 2. The molecule has 0 radical (unpaired) electrons. The lowest BCUT2D eigenvalue weighted by Crippen LogP contribution is -2.26. The molecule has 1 rings (SSSR count). The quantitative estimate of drug-likeness (QED) is 0.368. The summed E-state index contributed by atoms with van der Waals surface area (Å²) in [5.41, 5.74) is 11.2. The molecule has 1 aliphatic carbocycles. The Kier molecular flexibility index (Phi) is 15.6. The van der Waals surface area contributed by atoms with Gasteiger partial charge in [0.2, 0.25) is 0 Å². The molecule has 0 aromatic heterocycles. The topological polar surface area (TPSA) is 92.5 Å². The van der Waals surface area contributed by atoms with Crippen LogP contribution >= 0.6 is 0 Å². The lowest BCUT2D eigenvalue weighted by Gasteiger charge is -2.26. The summed E-state index contributed by atoms with van der Waals surface area (Å²) in [7, 11) is 0. The fourth-order valence-corrected chi connectivity index (χ4v) is 3.11. The Morgan fingerprint density at radius 3 is 1.82 bits per heavy atom. The molecule has 0 heterocycles. The van der Waals surface area contributed by atoms with Crippen LogP contribution in [-0.2, 0) is 0 Å². The van der Waals surface area contributed by atoms with Crippen molar-refractivity contribution in [2.75, 3.05) is 13.1 Å². The Balaban J connectivity index is 0.000000406. The van der Waals surface area contributed by atoms with Crippen LogP contribution in [0.4, 0.5) is 0 Å². The molecule has 4 nitrogen and oxygen atoms in total. The first-order chi connectivity index (χ1) is 10.6. The highest BCUT2D eigenvalue weighted by Crippen LogP contribution is 2.27. The summed E-state index contributed by atoms with van der Waals surface area (Å²) in [4.78, 5) is 0. The standard InChI is InChI=1S/C10H22O2.C8H18N2/c1-2-3-4-5-6-7-8-9-10(11)12;9-5-7-2-1-3-8(4-7)6-10/h10-12H,2-9H2,1H3;7-8H,1-6,9-10H2. The lowest BCUT2D eigenvalue weighted by atomic mass is 9.81. The van der Waals surface area contributed by atoms with Crippen molar-refractivity contribution in [1.29, 1.82) is 0 Å². The molecule has 134 valence electrons. The van der Waals surface area contributed by atoms with Gasteiger partial charge in [-0.2, -0.15) is 0 Å². The van der Waals surface area contributed by atoms with Crippen LogP contribution in [-0.4, -0.2) is 29.6 Å². The maximum atomic E-state index is 8.55. The van der Waals surface area contributed by atoms with Crippen LogP contribution in [0.15, 0.2) is 0 Å². The van der Waals surface area contributed by atoms with Crippen LogP contribution in [0.1, 0.15) is 84.0 Å². The van der Waals surface area contributed by atoms with Gasteiger partial charge in [-0.3, -0.25) is 0 Å². The van der Waals surface area contributed by atoms with Crippen LogP contribution < -0.4 is 11.5 Å². The Bertz CT molecular complexity index is 215. The first kappa shape index (κ1) is 21.8. The van der Waals surface area contributed by atoms with Gasteiger partial charge in [0.25, 0.3) is 0 Å². The zero-order valence-corrected chi connectivity index (χ0v) is 14.7. The summed E-state index contributed by atoms with van der Waals surface area (Å²) >= 11 is 0. The van der Waals surface area contributed by atoms with Gasteiger partial charge in [0.05, 0.1) is 0 Å². The third-order valence-electron chi connectivity index (χ3n) is 4.62. The van der Waals surface area contributed by atoms with E-state index < -0.39 is 6.29 Å². The van der Waals surface area contributed by atoms with Gasteiger partial charge in [-0.1, -0.05) is 51.9 Å². The Morgan fingerprint density at radius 2 is 1.36 bits per heavy atom. The highest BCUT2D eigenvalue weighted by molar-refractivity contribution is 4.73. The van der Waals surface area contributed by atoms with Crippen molar-refractivity contribution in [1.82, 2.24) is 0 Å². The minimum Gasteiger partial charge on any atom is -0.368 e. The predicted molar refractivity (Wildman–Crippen MR) is 94.4 cm³/mol. The van der Waals surface area contributed by atoms with Gasteiger partial charge in [0.1, 0.15) is 0 Å². The Labute approximate surface area is 137 Å². The summed E-state index contributed by atoms with van der Waals surface area (Å²) in [6.45, 7) is 3.93. The van der Waals surface area contributed by atoms with E-state index in [0.29, 0.717) is 6.42 Å². The molecule has 0 aromatic rings. The molecule has 0 aromatic carbocycles. The van der Waals surface area contributed by atoms with Crippen LogP contribution in [0, 0.1) is 11.8 Å². The zero-order chi connectivity index (χ0) is 16.6. The summed E-state index contributed by atoms with van der Waals surface area (Å²) in [6.07, 6.45) is 13.3. The third kappa shape index (κ3) is 13.5. The summed E-state index contributed by atoms with van der Waals surface area (Å²) in [5, 5.41) is 17.1. The van der Waals surface area contributed by atoms with E-state index in [1.54, 1.807) is 0 Å². The largest absolute Gasteiger partial charge is 0.368 e. The number of hydrogen-bond donors (Lipinski definition) is 4. The molecular formula is C18H40N2O2. The minimum atomic E-state index is -1.10. The summed E-state index contributed by atoms with van der Waals surface area (Å²) in [6, 6.07) is 0. The molecule has 22 heavy (non-hydrogen) atoms. The summed E-state index contributed by atoms with van der Waals surface area (Å²) < 4.78 is 0. The van der Waals surface area contributed by atoms with Gasteiger partial charge in [-0.15, -0.1) is 0 Å². The second-order valence-electron chi connectivity index (χ2n) is 6.76. The monoisotopic (exact) mass is 316 g/mol. The average molecular weight is 317 g/mol. The van der Waals surface area contributed by atoms with Gasteiger partial charge >= 0.3 is 0 Å². The molecule has 4 heteroatoms. The smallest absolute Gasteiger partial charge is 0.151 e. The van der Waals surface area contributed by atoms with Crippen molar-refractivity contribution in [3.63, 3.8) is 0 Å². The van der Waals surface area contributed by atoms with E-state index >= 15 is 0 Å². The van der Waals surface area contributed by atoms with Crippen molar-refractivity contribution in [2.45, 2.75) is 90.3 Å². The van der Waals surface area contributed by atoms with E-state index in [2.05, 4.69) is 6.92 Å². The van der Waals surface area contributed by atoms with Gasteiger partial charge in [0, 0.05) is 0 Å². The van der Waals surface area contributed by atoms with Crippen molar-refractivity contribution in [3.05, 3.63) is 0 Å². The van der Waals surface area contributed by atoms with E-state index in [4.69, 9.17) is 21.7 Å². The SMILES string of the molecule is CCCCCCCCCC(O)O.NCC1CCCC(CN)C1. The normalized spacial score (nSPS) is 21.5. The average Bonchev–Trinajstić information content (AvgIpc) is 2.54. The molecule has 1 fully saturated rings. The van der Waals surface area contributed by atoms with E-state index in [1.807, 2.05) is 0 Å². The lowest BCUT2D eigenvalue weighted by molar-refractivity contribution is -0.0466. The van der Waals surface area contributed by atoms with Crippen LogP contribution in [0.3, 0.4) is 0 Å². The number of rotatable bonds is 10. The maximum Gasteiger partial charge on any atom is 0.151 e. The van der Waals surface area contributed by atoms with Crippen molar-refractivity contribution < 1.29 is 10.2 Å². The third-order valence-corrected chi connectivity index (χ3v) is 4.62. The second kappa shape index (κ2) is 15.7. The van der Waals surface area contributed by atoms with Crippen LogP contribution in [0.2, 0.25) is 0 Å². The van der Waals surface area contributed by atoms with Crippen molar-refractivity contribution in [2.24, 2.45) is 23.3 Å². The van der Waals surface area contributed by atoms with E-state index in [1.165, 1.54) is 57.8 Å². The summed E-state index contributed by atoms with van der Waals surface area (Å²) in [5.74, 6) is 1.53. The molecule has 1 saturated carbocycles. The molecule has 0 amide bonds. The number of unbranched alkanes of at least 4 members (excludes halogenated alkanes) is 6. The van der Waals surface area contributed by atoms with Gasteiger partial charge in [0.15, 0.2) is 6.29 Å². The predicted octanol–water partition coefficient (Wildman–Crippen LogP) is 3.15. The van der Waals surface area contributed by atoms with Gasteiger partial charge < -0.3 is 21.7 Å². The van der Waals surface area contributed by atoms with Crippen molar-refractivity contribution >= 4 is 0 Å². The molecule has 0 saturated heterocycles. The number of aliphatic hydroxyl groups is 2. The Morgan fingerprint density at radius 1 is 0.864 bits per heavy atom. The first-order valence-electron chi connectivity index (χ1n) is 9.40. The Hall–Kier alpha value is -0.160. The van der Waals surface area contributed by atoms with E-state index in [9.17, 15) is 0 Å². The maximum absolute atomic E-state index is 8.55. The highest BCUT2D eigenvalue weighted by atomic mass is 16.5. The molecular weight excluding hydrogens is 276 g/mol. The molecule has 0 spiro atoms. The molecule has 0 bridgehead atoms. The molecule has 1 aliphatic rings. The van der Waals surface area contributed by atoms with Gasteiger partial charge in [-0.25, -0.2) is 0 Å². The minimum absolute atomic E-state index is 0.535. The molecule has 6 N–H and O–H groups in total. The number of hydrogen-bond acceptors (Lipinski definition) is 4. The van der Waals surface area contributed by atoms with Gasteiger partial charge in [-0.05, 0) is 57.0 Å². The van der Waals surface area contributed by atoms with Crippen molar-refractivity contribution in [3.8, 4) is 0 Å². The highest BCUT2D eigenvalue weighted by Gasteiger charge is 2.19. The fourth-order valence-electron chi connectivity index (χ4n) is 3.11. The fraction of sp³-hybridized carbons (Fsp3) is 1.00. The molecule has 0 aliphatic heterocycles.